The molecule has 2 amide bonds. The molecule has 6 nitrogen and oxygen atoms in total. The number of carboxylic acids is 1. The maximum absolute atomic E-state index is 12.4. The number of hydrogen-bond acceptors (Lipinski definition) is 3. The Morgan fingerprint density at radius 1 is 1.40 bits per heavy atom. The summed E-state index contributed by atoms with van der Waals surface area (Å²) in [6.45, 7) is 4.08. The highest BCUT2D eigenvalue weighted by Crippen LogP contribution is 2.28. The Morgan fingerprint density at radius 2 is 2.12 bits per heavy atom. The van der Waals surface area contributed by atoms with Crippen LogP contribution in [-0.4, -0.2) is 35.5 Å². The fourth-order valence-corrected chi connectivity index (χ4v) is 2.97. The van der Waals surface area contributed by atoms with E-state index in [0.717, 1.165) is 17.7 Å². The summed E-state index contributed by atoms with van der Waals surface area (Å²) < 4.78 is 0. The van der Waals surface area contributed by atoms with Crippen molar-refractivity contribution in [1.29, 1.82) is 0 Å². The van der Waals surface area contributed by atoms with Gasteiger partial charge in [0.05, 0.1) is 5.92 Å². The lowest BCUT2D eigenvalue weighted by Crippen LogP contribution is -2.44. The van der Waals surface area contributed by atoms with Gasteiger partial charge in [-0.15, -0.1) is 0 Å². The summed E-state index contributed by atoms with van der Waals surface area (Å²) in [7, 11) is 0. The number of hydrogen-bond donors (Lipinski definition) is 2. The third-order valence-electron chi connectivity index (χ3n) is 4.38. The van der Waals surface area contributed by atoms with E-state index in [1.165, 1.54) is 0 Å². The number of nitrogens with one attached hydrogen (secondary N) is 1. The van der Waals surface area contributed by atoms with Crippen molar-refractivity contribution in [2.45, 2.75) is 39.2 Å². The van der Waals surface area contributed by atoms with E-state index in [1.807, 2.05) is 31.2 Å². The molecule has 0 spiro atoms. The predicted octanol–water partition coefficient (Wildman–Crippen LogP) is 2.14. The number of carbonyl (C=O) groups is 3. The van der Waals surface area contributed by atoms with Gasteiger partial charge >= 0.3 is 5.97 Å². The van der Waals surface area contributed by atoms with Crippen LogP contribution in [-0.2, 0) is 20.8 Å². The molecule has 1 aliphatic heterocycles. The highest BCUT2D eigenvalue weighted by molar-refractivity contribution is 6.01. The summed E-state index contributed by atoms with van der Waals surface area (Å²) in [6.07, 6.45) is 4.55. The first-order valence-corrected chi connectivity index (χ1v) is 8.50. The number of amides is 2. The lowest BCUT2D eigenvalue weighted by molar-refractivity contribution is -0.142. The van der Waals surface area contributed by atoms with E-state index in [9.17, 15) is 19.5 Å². The van der Waals surface area contributed by atoms with Gasteiger partial charge in [-0.1, -0.05) is 37.3 Å². The van der Waals surface area contributed by atoms with Gasteiger partial charge in [0.1, 0.15) is 6.04 Å². The summed E-state index contributed by atoms with van der Waals surface area (Å²) in [5.41, 5.74) is 1.88. The molecule has 1 saturated heterocycles. The molecule has 1 aromatic rings. The zero-order valence-corrected chi connectivity index (χ0v) is 14.6. The molecular formula is C19H24N2O4. The van der Waals surface area contributed by atoms with Crippen LogP contribution in [0.4, 0.5) is 5.69 Å². The van der Waals surface area contributed by atoms with Gasteiger partial charge in [-0.2, -0.15) is 0 Å². The molecule has 2 atom stereocenters. The molecule has 0 aromatic heterocycles. The van der Waals surface area contributed by atoms with E-state index in [0.29, 0.717) is 0 Å². The lowest BCUT2D eigenvalue weighted by Gasteiger charge is -2.20. The van der Waals surface area contributed by atoms with Gasteiger partial charge in [0, 0.05) is 18.7 Å². The van der Waals surface area contributed by atoms with Crippen LogP contribution in [0.2, 0.25) is 0 Å². The maximum Gasteiger partial charge on any atom is 0.326 e. The number of benzene rings is 1. The molecule has 1 fully saturated rings. The standard InChI is InChI=1S/C19H24N2O4/c1-3-5-9-15(19(24)25)20-18(23)14-11-17(22)21(12-14)16-10-7-6-8-13(16)4-2/h3,5-8,10,14-15H,4,9,11-12H2,1-2H3,(H,20,23)(H,24,25)/b5-3+. The maximum atomic E-state index is 12.4. The predicted molar refractivity (Wildman–Crippen MR) is 95.3 cm³/mol. The Labute approximate surface area is 147 Å². The number of rotatable bonds is 7. The molecule has 1 aromatic carbocycles. The average Bonchev–Trinajstić information content (AvgIpc) is 2.99. The Morgan fingerprint density at radius 3 is 2.76 bits per heavy atom. The van der Waals surface area contributed by atoms with Crippen molar-refractivity contribution in [2.24, 2.45) is 5.92 Å². The highest BCUT2D eigenvalue weighted by atomic mass is 16.4. The number of allylic oxidation sites excluding steroid dienone is 1. The van der Waals surface area contributed by atoms with Crippen molar-refractivity contribution in [3.8, 4) is 0 Å². The Kier molecular flexibility index (Phi) is 6.33. The number of aliphatic carboxylic acids is 1. The van der Waals surface area contributed by atoms with Gasteiger partial charge in [-0.25, -0.2) is 4.79 Å². The van der Waals surface area contributed by atoms with Gasteiger partial charge in [0.2, 0.25) is 11.8 Å². The molecule has 0 bridgehead atoms. The summed E-state index contributed by atoms with van der Waals surface area (Å²) in [6, 6.07) is 6.66. The van der Waals surface area contributed by atoms with E-state index in [2.05, 4.69) is 5.32 Å². The zero-order valence-electron chi connectivity index (χ0n) is 14.6. The van der Waals surface area contributed by atoms with E-state index in [4.69, 9.17) is 0 Å². The molecule has 2 unspecified atom stereocenters. The van der Waals surface area contributed by atoms with Crippen LogP contribution < -0.4 is 10.2 Å². The fourth-order valence-electron chi connectivity index (χ4n) is 2.97. The molecule has 25 heavy (non-hydrogen) atoms. The van der Waals surface area contributed by atoms with Crippen LogP contribution in [0.3, 0.4) is 0 Å². The van der Waals surface area contributed by atoms with Crippen molar-refractivity contribution >= 4 is 23.5 Å². The monoisotopic (exact) mass is 344 g/mol. The van der Waals surface area contributed by atoms with Gasteiger partial charge < -0.3 is 15.3 Å². The van der Waals surface area contributed by atoms with Crippen molar-refractivity contribution in [1.82, 2.24) is 5.32 Å². The quantitative estimate of drug-likeness (QED) is 0.742. The molecule has 0 saturated carbocycles. The molecule has 2 rings (SSSR count). The molecule has 134 valence electrons. The van der Waals surface area contributed by atoms with Gasteiger partial charge in [-0.3, -0.25) is 9.59 Å². The van der Waals surface area contributed by atoms with Crippen molar-refractivity contribution in [2.75, 3.05) is 11.4 Å². The molecule has 1 aliphatic rings. The second kappa shape index (κ2) is 8.46. The van der Waals surface area contributed by atoms with Crippen molar-refractivity contribution in [3.63, 3.8) is 0 Å². The smallest absolute Gasteiger partial charge is 0.326 e. The van der Waals surface area contributed by atoms with E-state index in [-0.39, 0.29) is 31.2 Å². The minimum Gasteiger partial charge on any atom is -0.480 e. The first-order chi connectivity index (χ1) is 12.0. The summed E-state index contributed by atoms with van der Waals surface area (Å²) in [5, 5.41) is 11.8. The number of carboxylic acid groups (broad SMARTS) is 1. The molecule has 6 heteroatoms. The summed E-state index contributed by atoms with van der Waals surface area (Å²) in [4.78, 5) is 37.7. The van der Waals surface area contributed by atoms with Crippen LogP contribution in [0.1, 0.15) is 32.3 Å². The van der Waals surface area contributed by atoms with Crippen LogP contribution in [0.15, 0.2) is 36.4 Å². The molecule has 2 N–H and O–H groups in total. The number of aryl methyl sites for hydroxylation is 1. The van der Waals surface area contributed by atoms with Crippen molar-refractivity contribution in [3.05, 3.63) is 42.0 Å². The zero-order chi connectivity index (χ0) is 18.4. The topological polar surface area (TPSA) is 86.7 Å². The number of nitrogens with zero attached hydrogens (tertiary/aromatic N) is 1. The highest BCUT2D eigenvalue weighted by Gasteiger charge is 2.36. The summed E-state index contributed by atoms with van der Waals surface area (Å²) >= 11 is 0. The Balaban J connectivity index is 2.08. The van der Waals surface area contributed by atoms with Crippen LogP contribution >= 0.6 is 0 Å². The second-order valence-electron chi connectivity index (χ2n) is 6.09. The normalized spacial score (nSPS) is 18.6. The lowest BCUT2D eigenvalue weighted by atomic mass is 10.1. The fraction of sp³-hybridized carbons (Fsp3) is 0.421. The van der Waals surface area contributed by atoms with Gasteiger partial charge in [-0.05, 0) is 31.4 Å². The third kappa shape index (κ3) is 4.47. The van der Waals surface area contributed by atoms with Gasteiger partial charge in [0.15, 0.2) is 0 Å². The first-order valence-electron chi connectivity index (χ1n) is 8.50. The van der Waals surface area contributed by atoms with Crippen LogP contribution in [0, 0.1) is 5.92 Å². The first kappa shape index (κ1) is 18.7. The number of para-hydroxylation sites is 1. The van der Waals surface area contributed by atoms with Crippen LogP contribution in [0.5, 0.6) is 0 Å². The minimum absolute atomic E-state index is 0.0971. The molecule has 0 aliphatic carbocycles. The summed E-state index contributed by atoms with van der Waals surface area (Å²) in [5.74, 6) is -2.11. The van der Waals surface area contributed by atoms with Crippen LogP contribution in [0.25, 0.3) is 0 Å². The molecule has 0 radical (unpaired) electrons. The molecular weight excluding hydrogens is 320 g/mol. The average molecular weight is 344 g/mol. The molecule has 1 heterocycles. The van der Waals surface area contributed by atoms with E-state index >= 15 is 0 Å². The largest absolute Gasteiger partial charge is 0.480 e. The Bertz CT molecular complexity index is 684. The third-order valence-corrected chi connectivity index (χ3v) is 4.38. The SMILES string of the molecule is C/C=C/CC(NC(=O)C1CC(=O)N(c2ccccc2CC)C1)C(=O)O. The number of carbonyl (C=O) groups excluding carboxylic acids is 2. The number of anilines is 1. The second-order valence-corrected chi connectivity index (χ2v) is 6.09. The van der Waals surface area contributed by atoms with Crippen molar-refractivity contribution < 1.29 is 19.5 Å². The minimum atomic E-state index is -1.08. The Hall–Kier alpha value is -2.63. The van der Waals surface area contributed by atoms with Gasteiger partial charge in [0.25, 0.3) is 0 Å². The van der Waals surface area contributed by atoms with E-state index < -0.39 is 17.9 Å². The van der Waals surface area contributed by atoms with E-state index in [1.54, 1.807) is 24.0 Å².